The molecule has 7 heteroatoms. The Hall–Kier alpha value is -3.97. The minimum absolute atomic E-state index is 0.0548. The summed E-state index contributed by atoms with van der Waals surface area (Å²) in [4.78, 5) is 15.6. The van der Waals surface area contributed by atoms with Crippen LogP contribution in [0.15, 0.2) is 51.1 Å². The molecule has 3 heterocycles. The molecule has 1 unspecified atom stereocenters. The number of aromatic nitrogens is 1. The average molecular weight is 344 g/mol. The molecule has 3 aromatic rings. The van der Waals surface area contributed by atoms with Crippen LogP contribution in [-0.4, -0.2) is 4.98 Å². The number of benzene rings is 1. The molecule has 0 spiro atoms. The highest BCUT2D eigenvalue weighted by molar-refractivity contribution is 5.86. The molecule has 0 amide bonds. The summed E-state index contributed by atoms with van der Waals surface area (Å²) < 4.78 is 10.7. The zero-order chi connectivity index (χ0) is 18.4. The average Bonchev–Trinajstić information content (AvgIpc) is 3.02. The number of H-pyrrole nitrogens is 1. The van der Waals surface area contributed by atoms with Crippen molar-refractivity contribution in [2.45, 2.75) is 12.8 Å². The van der Waals surface area contributed by atoms with Gasteiger partial charge in [0.05, 0.1) is 23.1 Å². The van der Waals surface area contributed by atoms with Gasteiger partial charge in [-0.05, 0) is 30.7 Å². The van der Waals surface area contributed by atoms with Gasteiger partial charge in [0.1, 0.15) is 23.2 Å². The molecule has 2 aromatic heterocycles. The maximum Gasteiger partial charge on any atom is 0.343 e. The van der Waals surface area contributed by atoms with Crippen LogP contribution in [-0.2, 0) is 0 Å². The van der Waals surface area contributed by atoms with E-state index in [0.29, 0.717) is 16.9 Å². The summed E-state index contributed by atoms with van der Waals surface area (Å²) in [6.45, 7) is 1.63. The summed E-state index contributed by atoms with van der Waals surface area (Å²) in [6.07, 6.45) is 1.70. The summed E-state index contributed by atoms with van der Waals surface area (Å²) in [6, 6.07) is 10.9. The molecule has 0 saturated carbocycles. The Bertz CT molecular complexity index is 1230. The van der Waals surface area contributed by atoms with Crippen LogP contribution in [0.3, 0.4) is 0 Å². The second-order valence-electron chi connectivity index (χ2n) is 5.96. The molecule has 0 bridgehead atoms. The van der Waals surface area contributed by atoms with E-state index in [1.807, 2.05) is 6.07 Å². The number of ether oxygens (including phenoxy) is 1. The van der Waals surface area contributed by atoms with Gasteiger partial charge >= 0.3 is 5.63 Å². The van der Waals surface area contributed by atoms with Crippen molar-refractivity contribution < 1.29 is 9.15 Å². The Morgan fingerprint density at radius 3 is 2.77 bits per heavy atom. The van der Waals surface area contributed by atoms with Crippen LogP contribution in [0.4, 0.5) is 0 Å². The highest BCUT2D eigenvalue weighted by Crippen LogP contribution is 2.42. The van der Waals surface area contributed by atoms with Crippen LogP contribution in [0.2, 0.25) is 0 Å². The number of nitrogens with two attached hydrogens (primary N) is 1. The Morgan fingerprint density at radius 2 is 2.04 bits per heavy atom. The molecule has 126 valence electrons. The van der Waals surface area contributed by atoms with Gasteiger partial charge < -0.3 is 19.9 Å². The smallest absolute Gasteiger partial charge is 0.343 e. The molecule has 1 atom stereocenters. The molecular formula is C19H12N4O3. The van der Waals surface area contributed by atoms with Crippen LogP contribution in [0.5, 0.6) is 5.75 Å². The van der Waals surface area contributed by atoms with E-state index in [9.17, 15) is 15.3 Å². The lowest BCUT2D eigenvalue weighted by atomic mass is 9.84. The molecule has 0 saturated heterocycles. The van der Waals surface area contributed by atoms with Crippen molar-refractivity contribution in [1.29, 1.82) is 10.5 Å². The zero-order valence-electron chi connectivity index (χ0n) is 13.7. The van der Waals surface area contributed by atoms with Crippen molar-refractivity contribution in [2.24, 2.45) is 5.73 Å². The minimum atomic E-state index is -0.747. The topological polar surface area (TPSA) is 129 Å². The van der Waals surface area contributed by atoms with Gasteiger partial charge in [0.25, 0.3) is 0 Å². The van der Waals surface area contributed by atoms with Crippen molar-refractivity contribution in [1.82, 2.24) is 4.98 Å². The SMILES string of the molecule is Cc1cc2c(c(=O)o1)C(c1c[nH]c3ccc(C#N)cc13)C(C#N)=C(N)O2. The summed E-state index contributed by atoms with van der Waals surface area (Å²) >= 11 is 0. The van der Waals surface area contributed by atoms with Crippen molar-refractivity contribution in [2.75, 3.05) is 0 Å². The number of nitrogens with one attached hydrogen (secondary N) is 1. The second kappa shape index (κ2) is 5.54. The highest BCUT2D eigenvalue weighted by atomic mass is 16.5. The third-order valence-electron chi connectivity index (χ3n) is 4.41. The van der Waals surface area contributed by atoms with Crippen LogP contribution in [0.25, 0.3) is 10.9 Å². The van der Waals surface area contributed by atoms with Crippen molar-refractivity contribution in [3.63, 3.8) is 0 Å². The fourth-order valence-corrected chi connectivity index (χ4v) is 3.28. The van der Waals surface area contributed by atoms with E-state index >= 15 is 0 Å². The number of fused-ring (bicyclic) bond motifs is 2. The molecular weight excluding hydrogens is 332 g/mol. The summed E-state index contributed by atoms with van der Waals surface area (Å²) in [5.74, 6) is -0.151. The van der Waals surface area contributed by atoms with E-state index in [2.05, 4.69) is 11.1 Å². The molecule has 3 N–H and O–H groups in total. The second-order valence-corrected chi connectivity index (χ2v) is 5.96. The lowest BCUT2D eigenvalue weighted by Gasteiger charge is -2.24. The number of hydrogen-bond acceptors (Lipinski definition) is 6. The Morgan fingerprint density at radius 1 is 1.23 bits per heavy atom. The monoisotopic (exact) mass is 344 g/mol. The number of allylic oxidation sites excluding steroid dienone is 1. The van der Waals surface area contributed by atoms with E-state index in [1.54, 1.807) is 37.4 Å². The van der Waals surface area contributed by atoms with Crippen LogP contribution >= 0.6 is 0 Å². The van der Waals surface area contributed by atoms with Crippen molar-refractivity contribution in [3.8, 4) is 17.9 Å². The molecule has 0 aliphatic carbocycles. The Kier molecular flexibility index (Phi) is 3.31. The third kappa shape index (κ3) is 2.15. The van der Waals surface area contributed by atoms with E-state index in [4.69, 9.17) is 14.9 Å². The first kappa shape index (κ1) is 15.6. The summed E-state index contributed by atoms with van der Waals surface area (Å²) in [5.41, 5.74) is 7.59. The molecule has 0 radical (unpaired) electrons. The quantitative estimate of drug-likeness (QED) is 0.698. The predicted molar refractivity (Wildman–Crippen MR) is 92.0 cm³/mol. The molecule has 1 aromatic carbocycles. The highest BCUT2D eigenvalue weighted by Gasteiger charge is 2.35. The number of aromatic amines is 1. The molecule has 26 heavy (non-hydrogen) atoms. The molecule has 4 rings (SSSR count). The number of aryl methyl sites for hydroxylation is 1. The van der Waals surface area contributed by atoms with Gasteiger partial charge in [-0.2, -0.15) is 10.5 Å². The van der Waals surface area contributed by atoms with Gasteiger partial charge in [0.15, 0.2) is 0 Å². The Balaban J connectivity index is 2.07. The van der Waals surface area contributed by atoms with Gasteiger partial charge in [-0.1, -0.05) is 0 Å². The maximum absolute atomic E-state index is 12.5. The zero-order valence-corrected chi connectivity index (χ0v) is 13.7. The Labute approximate surface area is 147 Å². The maximum atomic E-state index is 12.5. The first-order valence-corrected chi connectivity index (χ1v) is 7.77. The van der Waals surface area contributed by atoms with Crippen LogP contribution in [0.1, 0.15) is 28.4 Å². The standard InChI is InChI=1S/C19H12N4O3/c1-9-4-15-17(19(24)25-9)16(12(7-21)18(22)26-15)13-8-23-14-3-2-10(6-20)5-11(13)14/h2-5,8,16,23H,22H2,1H3. The molecule has 1 aliphatic rings. The lowest BCUT2D eigenvalue weighted by Crippen LogP contribution is -2.26. The first-order chi connectivity index (χ1) is 12.5. The van der Waals surface area contributed by atoms with E-state index in [-0.39, 0.29) is 22.8 Å². The fourth-order valence-electron chi connectivity index (χ4n) is 3.28. The number of nitrogens with zero attached hydrogens (tertiary/aromatic N) is 2. The number of rotatable bonds is 1. The van der Waals surface area contributed by atoms with E-state index in [1.165, 1.54) is 0 Å². The normalized spacial score (nSPS) is 15.9. The van der Waals surface area contributed by atoms with Gasteiger partial charge in [0, 0.05) is 23.2 Å². The third-order valence-corrected chi connectivity index (χ3v) is 4.41. The first-order valence-electron chi connectivity index (χ1n) is 7.77. The van der Waals surface area contributed by atoms with Crippen LogP contribution in [0, 0.1) is 29.6 Å². The number of hydrogen-bond donors (Lipinski definition) is 2. The predicted octanol–water partition coefficient (Wildman–Crippen LogP) is 2.52. The summed E-state index contributed by atoms with van der Waals surface area (Å²) in [7, 11) is 0. The van der Waals surface area contributed by atoms with E-state index < -0.39 is 11.5 Å². The molecule has 1 aliphatic heterocycles. The van der Waals surface area contributed by atoms with Gasteiger partial charge in [0.2, 0.25) is 5.88 Å². The molecule has 7 nitrogen and oxygen atoms in total. The fraction of sp³-hybridized carbons (Fsp3) is 0.105. The van der Waals surface area contributed by atoms with Gasteiger partial charge in [-0.3, -0.25) is 0 Å². The number of nitriles is 2. The van der Waals surface area contributed by atoms with Crippen molar-refractivity contribution >= 4 is 10.9 Å². The molecule has 0 fully saturated rings. The minimum Gasteiger partial charge on any atom is -0.440 e. The van der Waals surface area contributed by atoms with E-state index in [0.717, 1.165) is 10.9 Å². The van der Waals surface area contributed by atoms with Gasteiger partial charge in [-0.25, -0.2) is 4.79 Å². The largest absolute Gasteiger partial charge is 0.440 e. The summed E-state index contributed by atoms with van der Waals surface area (Å²) in [5, 5.41) is 19.5. The van der Waals surface area contributed by atoms with Gasteiger partial charge in [-0.15, -0.1) is 0 Å². The van der Waals surface area contributed by atoms with Crippen LogP contribution < -0.4 is 16.1 Å². The lowest BCUT2D eigenvalue weighted by molar-refractivity contribution is 0.372. The van der Waals surface area contributed by atoms with Crippen molar-refractivity contribution in [3.05, 3.63) is 74.8 Å².